The molecule has 1 aliphatic carbocycles. The first kappa shape index (κ1) is 22.1. The molecule has 156 valence electrons. The number of guanidine groups is 1. The zero-order chi connectivity index (χ0) is 20.2. The Balaban J connectivity index is 1.67. The molecule has 4 N–H and O–H groups in total. The standard InChI is InChI=1S/C21H33FN4O2/c1-24-21(25-12-5-13-28-19-6-3-2-4-7-19)26-15-17(20(23)27)14-16-8-10-18(22)11-9-16/h8-11,17,19H,2-7,12-15H2,1H3,(H2,23,27)(H2,24,25,26). The monoisotopic (exact) mass is 392 g/mol. The van der Waals surface area contributed by atoms with Crippen molar-refractivity contribution in [1.82, 2.24) is 10.6 Å². The van der Waals surface area contributed by atoms with E-state index in [-0.39, 0.29) is 5.82 Å². The van der Waals surface area contributed by atoms with Crippen LogP contribution in [0, 0.1) is 11.7 Å². The minimum absolute atomic E-state index is 0.297. The Bertz CT molecular complexity index is 615. The summed E-state index contributed by atoms with van der Waals surface area (Å²) >= 11 is 0. The second-order valence-electron chi connectivity index (χ2n) is 7.29. The fourth-order valence-corrected chi connectivity index (χ4v) is 3.38. The number of hydrogen-bond donors (Lipinski definition) is 3. The number of ether oxygens (including phenoxy) is 1. The molecule has 6 nitrogen and oxygen atoms in total. The van der Waals surface area contributed by atoms with Crippen LogP contribution in [0.4, 0.5) is 4.39 Å². The largest absolute Gasteiger partial charge is 0.378 e. The number of aliphatic imine (C=N–C) groups is 1. The summed E-state index contributed by atoms with van der Waals surface area (Å²) in [6.07, 6.45) is 8.02. The second kappa shape index (κ2) is 12.3. The number of halogens is 1. The molecule has 1 amide bonds. The number of hydrogen-bond acceptors (Lipinski definition) is 3. The van der Waals surface area contributed by atoms with E-state index in [0.29, 0.717) is 25.0 Å². The van der Waals surface area contributed by atoms with Gasteiger partial charge < -0.3 is 21.1 Å². The molecule has 1 atom stereocenters. The molecule has 0 aromatic heterocycles. The Labute approximate surface area is 167 Å². The fourth-order valence-electron chi connectivity index (χ4n) is 3.38. The van der Waals surface area contributed by atoms with Crippen LogP contribution >= 0.6 is 0 Å². The molecule has 0 aliphatic heterocycles. The highest BCUT2D eigenvalue weighted by molar-refractivity contribution is 5.81. The molecule has 0 spiro atoms. The van der Waals surface area contributed by atoms with Crippen molar-refractivity contribution in [1.29, 1.82) is 0 Å². The number of nitrogens with zero attached hydrogens (tertiary/aromatic N) is 1. The van der Waals surface area contributed by atoms with Gasteiger partial charge in [0.1, 0.15) is 5.82 Å². The maximum Gasteiger partial charge on any atom is 0.222 e. The third-order valence-electron chi connectivity index (χ3n) is 5.06. The van der Waals surface area contributed by atoms with Gasteiger partial charge in [-0.25, -0.2) is 4.39 Å². The van der Waals surface area contributed by atoms with Gasteiger partial charge >= 0.3 is 0 Å². The van der Waals surface area contributed by atoms with Gasteiger partial charge in [0, 0.05) is 26.7 Å². The highest BCUT2D eigenvalue weighted by Crippen LogP contribution is 2.20. The van der Waals surface area contributed by atoms with E-state index in [0.717, 1.165) is 25.1 Å². The van der Waals surface area contributed by atoms with Crippen molar-refractivity contribution in [2.75, 3.05) is 26.7 Å². The third-order valence-corrected chi connectivity index (χ3v) is 5.06. The number of rotatable bonds is 10. The van der Waals surface area contributed by atoms with Gasteiger partial charge in [0.25, 0.3) is 0 Å². The zero-order valence-electron chi connectivity index (χ0n) is 16.8. The lowest BCUT2D eigenvalue weighted by atomic mass is 9.98. The van der Waals surface area contributed by atoms with Gasteiger partial charge in [0.05, 0.1) is 12.0 Å². The molecule has 1 fully saturated rings. The topological polar surface area (TPSA) is 88.7 Å². The van der Waals surface area contributed by atoms with Gasteiger partial charge in [0.2, 0.25) is 5.91 Å². The predicted molar refractivity (Wildman–Crippen MR) is 110 cm³/mol. The highest BCUT2D eigenvalue weighted by Gasteiger charge is 2.17. The molecule has 0 saturated heterocycles. The van der Waals surface area contributed by atoms with Crippen molar-refractivity contribution in [3.8, 4) is 0 Å². The van der Waals surface area contributed by atoms with Gasteiger partial charge in [-0.15, -0.1) is 0 Å². The smallest absolute Gasteiger partial charge is 0.222 e. The van der Waals surface area contributed by atoms with Gasteiger partial charge in [-0.3, -0.25) is 9.79 Å². The van der Waals surface area contributed by atoms with Crippen LogP contribution in [0.25, 0.3) is 0 Å². The number of nitrogens with two attached hydrogens (primary N) is 1. The van der Waals surface area contributed by atoms with Gasteiger partial charge in [-0.05, 0) is 43.4 Å². The Hall–Kier alpha value is -2.15. The molecule has 0 radical (unpaired) electrons. The first-order chi connectivity index (χ1) is 13.6. The van der Waals surface area contributed by atoms with E-state index in [1.807, 2.05) is 0 Å². The number of benzene rings is 1. The quantitative estimate of drug-likeness (QED) is 0.324. The molecule has 1 aromatic rings. The Morgan fingerprint density at radius 1 is 1.25 bits per heavy atom. The van der Waals surface area contributed by atoms with Crippen LogP contribution in [0.5, 0.6) is 0 Å². The summed E-state index contributed by atoms with van der Waals surface area (Å²) in [7, 11) is 1.69. The Morgan fingerprint density at radius 2 is 1.96 bits per heavy atom. The molecule has 1 unspecified atom stereocenters. The summed E-state index contributed by atoms with van der Waals surface area (Å²) in [5.41, 5.74) is 6.39. The number of carbonyl (C=O) groups is 1. The average molecular weight is 393 g/mol. The Kier molecular flexibility index (Phi) is 9.76. The van der Waals surface area contributed by atoms with Gasteiger partial charge in [-0.2, -0.15) is 0 Å². The van der Waals surface area contributed by atoms with E-state index in [1.54, 1.807) is 19.2 Å². The first-order valence-corrected chi connectivity index (χ1v) is 10.2. The summed E-state index contributed by atoms with van der Waals surface area (Å²) in [5, 5.41) is 6.38. The maximum atomic E-state index is 13.0. The lowest BCUT2D eigenvalue weighted by molar-refractivity contribution is -0.121. The van der Waals surface area contributed by atoms with E-state index in [1.165, 1.54) is 44.2 Å². The summed E-state index contributed by atoms with van der Waals surface area (Å²) < 4.78 is 18.9. The van der Waals surface area contributed by atoms with Crippen LogP contribution in [-0.2, 0) is 16.0 Å². The molecule has 1 saturated carbocycles. The summed E-state index contributed by atoms with van der Waals surface area (Å²) in [6, 6.07) is 6.11. The molecule has 0 bridgehead atoms. The highest BCUT2D eigenvalue weighted by atomic mass is 19.1. The molecule has 1 aliphatic rings. The first-order valence-electron chi connectivity index (χ1n) is 10.2. The number of amides is 1. The minimum atomic E-state index is -0.404. The summed E-state index contributed by atoms with van der Waals surface area (Å²) in [5.74, 6) is -0.468. The van der Waals surface area contributed by atoms with E-state index >= 15 is 0 Å². The predicted octanol–water partition coefficient (Wildman–Crippen LogP) is 2.37. The Morgan fingerprint density at radius 3 is 2.61 bits per heavy atom. The van der Waals surface area contributed by atoms with Crippen LogP contribution in [0.15, 0.2) is 29.3 Å². The van der Waals surface area contributed by atoms with Crippen LogP contribution in [0.1, 0.15) is 44.1 Å². The maximum absolute atomic E-state index is 13.0. The van der Waals surface area contributed by atoms with Crippen molar-refractivity contribution >= 4 is 11.9 Å². The van der Waals surface area contributed by atoms with E-state index in [2.05, 4.69) is 15.6 Å². The zero-order valence-corrected chi connectivity index (χ0v) is 16.8. The molecule has 2 rings (SSSR count). The van der Waals surface area contributed by atoms with Crippen LogP contribution in [0.3, 0.4) is 0 Å². The molecule has 1 aromatic carbocycles. The summed E-state index contributed by atoms with van der Waals surface area (Å²) in [6.45, 7) is 1.85. The number of primary amides is 1. The second-order valence-corrected chi connectivity index (χ2v) is 7.29. The average Bonchev–Trinajstić information content (AvgIpc) is 2.71. The van der Waals surface area contributed by atoms with E-state index in [4.69, 9.17) is 10.5 Å². The van der Waals surface area contributed by atoms with Crippen LogP contribution in [-0.4, -0.2) is 44.7 Å². The number of carbonyl (C=O) groups excluding carboxylic acids is 1. The molecule has 28 heavy (non-hydrogen) atoms. The van der Waals surface area contributed by atoms with Crippen LogP contribution < -0.4 is 16.4 Å². The molecule has 0 heterocycles. The lowest BCUT2D eigenvalue weighted by Gasteiger charge is -2.22. The van der Waals surface area contributed by atoms with Gasteiger partial charge in [0.15, 0.2) is 5.96 Å². The van der Waals surface area contributed by atoms with Crippen molar-refractivity contribution < 1.29 is 13.9 Å². The lowest BCUT2D eigenvalue weighted by Crippen LogP contribution is -2.43. The van der Waals surface area contributed by atoms with Gasteiger partial charge in [-0.1, -0.05) is 31.4 Å². The SMILES string of the molecule is CN=C(NCCCOC1CCCCC1)NCC(Cc1ccc(F)cc1)C(N)=O. The van der Waals surface area contributed by atoms with Crippen molar-refractivity contribution in [2.45, 2.75) is 51.0 Å². The van der Waals surface area contributed by atoms with E-state index < -0.39 is 11.8 Å². The van der Waals surface area contributed by atoms with Crippen molar-refractivity contribution in [3.63, 3.8) is 0 Å². The normalized spacial score (nSPS) is 16.6. The minimum Gasteiger partial charge on any atom is -0.378 e. The third kappa shape index (κ3) is 8.25. The molecule has 7 heteroatoms. The van der Waals surface area contributed by atoms with Crippen molar-refractivity contribution in [3.05, 3.63) is 35.6 Å². The van der Waals surface area contributed by atoms with Crippen LogP contribution in [0.2, 0.25) is 0 Å². The van der Waals surface area contributed by atoms with Crippen molar-refractivity contribution in [2.24, 2.45) is 16.6 Å². The molecular formula is C21H33FN4O2. The van der Waals surface area contributed by atoms with E-state index in [9.17, 15) is 9.18 Å². The fraction of sp³-hybridized carbons (Fsp3) is 0.619. The number of nitrogens with one attached hydrogen (secondary N) is 2. The summed E-state index contributed by atoms with van der Waals surface area (Å²) in [4.78, 5) is 15.9. The molecular weight excluding hydrogens is 359 g/mol.